The number of ketones is 1. The molecule has 0 aromatic carbocycles. The maximum atomic E-state index is 13.7. The Kier molecular flexibility index (Phi) is 9.82. The Morgan fingerprint density at radius 2 is 1.83 bits per heavy atom. The highest BCUT2D eigenvalue weighted by Crippen LogP contribution is 2.82. The second kappa shape index (κ2) is 13.0. The van der Waals surface area contributed by atoms with Crippen LogP contribution in [0, 0.1) is 45.8 Å². The summed E-state index contributed by atoms with van der Waals surface area (Å²) in [5.41, 5.74) is -2.68. The van der Waals surface area contributed by atoms with Crippen LogP contribution in [0.4, 0.5) is 0 Å². The lowest BCUT2D eigenvalue weighted by Gasteiger charge is -2.58. The number of carbonyl (C=O) groups is 4. The fourth-order valence-electron chi connectivity index (χ4n) is 10.2. The number of aliphatic hydroxyl groups excluding tert-OH is 2. The van der Waals surface area contributed by atoms with Gasteiger partial charge in [0.15, 0.2) is 18.2 Å². The van der Waals surface area contributed by atoms with Gasteiger partial charge in [0, 0.05) is 18.1 Å². The van der Waals surface area contributed by atoms with Crippen LogP contribution in [0.15, 0.2) is 35.5 Å². The van der Waals surface area contributed by atoms with E-state index in [4.69, 9.17) is 18.9 Å². The van der Waals surface area contributed by atoms with Crippen LogP contribution in [-0.4, -0.2) is 89.9 Å². The van der Waals surface area contributed by atoms with Gasteiger partial charge in [0.25, 0.3) is 0 Å². The summed E-state index contributed by atoms with van der Waals surface area (Å²) in [6.07, 6.45) is 2.89. The molecule has 1 unspecified atom stereocenters. The summed E-state index contributed by atoms with van der Waals surface area (Å²) in [5, 5.41) is 32.1. The number of carboxylic acid groups (broad SMARTS) is 1. The first-order chi connectivity index (χ1) is 22.1. The second-order valence-corrected chi connectivity index (χ2v) is 14.9. The molecule has 1 saturated heterocycles. The molecule has 1 aliphatic heterocycles. The first-order valence-corrected chi connectivity index (χ1v) is 16.8. The molecule has 1 heterocycles. The van der Waals surface area contributed by atoms with Crippen molar-refractivity contribution in [2.75, 3.05) is 13.7 Å². The predicted molar refractivity (Wildman–Crippen MR) is 169 cm³/mol. The van der Waals surface area contributed by atoms with Gasteiger partial charge >= 0.3 is 11.9 Å². The normalized spacial score (nSPS) is 43.1. The van der Waals surface area contributed by atoms with Crippen molar-refractivity contribution in [1.82, 2.24) is 0 Å². The van der Waals surface area contributed by atoms with E-state index in [9.17, 15) is 34.5 Å². The van der Waals surface area contributed by atoms with E-state index < -0.39 is 70.8 Å². The third-order valence-electron chi connectivity index (χ3n) is 12.1. The molecule has 47 heavy (non-hydrogen) atoms. The van der Waals surface area contributed by atoms with E-state index in [1.54, 1.807) is 6.92 Å². The van der Waals surface area contributed by atoms with Crippen LogP contribution < -0.4 is 0 Å². The van der Waals surface area contributed by atoms with E-state index >= 15 is 0 Å². The number of carbonyl (C=O) groups excluding carboxylic acids is 3. The molecule has 4 aliphatic carbocycles. The van der Waals surface area contributed by atoms with Gasteiger partial charge in [-0.2, -0.15) is 0 Å². The van der Waals surface area contributed by atoms with Crippen molar-refractivity contribution < 1.29 is 53.4 Å². The number of rotatable bonds is 12. The van der Waals surface area contributed by atoms with Crippen molar-refractivity contribution in [3.63, 3.8) is 0 Å². The predicted octanol–water partition coefficient (Wildman–Crippen LogP) is 3.41. The Bertz CT molecular complexity index is 1360. The third kappa shape index (κ3) is 5.28. The summed E-state index contributed by atoms with van der Waals surface area (Å²) in [6, 6.07) is 0. The molecule has 5 aliphatic rings. The van der Waals surface area contributed by atoms with Crippen LogP contribution in [0.1, 0.15) is 67.2 Å². The maximum absolute atomic E-state index is 13.7. The summed E-state index contributed by atoms with van der Waals surface area (Å²) >= 11 is 0. The van der Waals surface area contributed by atoms with Crippen molar-refractivity contribution in [1.29, 1.82) is 0 Å². The Morgan fingerprint density at radius 1 is 1.13 bits per heavy atom. The van der Waals surface area contributed by atoms with E-state index in [1.165, 1.54) is 27.0 Å². The SMILES string of the molecule is CO[C@H]1[C@@H](OC(=O)/C(C)=C\C(=O)/C=C\C(C)O)[C@H](O)[C@H](OC[C@@]23C[C@@H]4[C@H](C)CC[C@H]4[C@@]4(C=O)C[C@@H]2C=C(C(C)C)[C@@]34C(=O)O)O[C@@H]1C. The molecule has 3 N–H and O–H groups in total. The lowest BCUT2D eigenvalue weighted by Crippen LogP contribution is -2.64. The lowest BCUT2D eigenvalue weighted by molar-refractivity contribution is -0.308. The zero-order valence-electron chi connectivity index (χ0n) is 28.4. The highest BCUT2D eigenvalue weighted by Gasteiger charge is 2.84. The molecule has 3 saturated carbocycles. The number of esters is 1. The summed E-state index contributed by atoms with van der Waals surface area (Å²) in [5.74, 6) is -2.21. The van der Waals surface area contributed by atoms with Crippen molar-refractivity contribution in [2.45, 2.75) is 104 Å². The maximum Gasteiger partial charge on any atom is 0.334 e. The summed E-state index contributed by atoms with van der Waals surface area (Å²) in [7, 11) is 1.40. The summed E-state index contributed by atoms with van der Waals surface area (Å²) < 4.78 is 23.8. The van der Waals surface area contributed by atoms with Crippen molar-refractivity contribution in [3.05, 3.63) is 35.5 Å². The zero-order chi connectivity index (χ0) is 34.6. The van der Waals surface area contributed by atoms with E-state index in [0.717, 1.165) is 36.9 Å². The minimum atomic E-state index is -1.51. The monoisotopic (exact) mass is 658 g/mol. The Hall–Kier alpha value is -2.70. The van der Waals surface area contributed by atoms with Crippen molar-refractivity contribution in [2.24, 2.45) is 45.8 Å². The average molecular weight is 659 g/mol. The number of ether oxygens (including phenoxy) is 4. The molecule has 4 bridgehead atoms. The van der Waals surface area contributed by atoms with E-state index in [1.807, 2.05) is 13.8 Å². The first-order valence-electron chi connectivity index (χ1n) is 16.8. The van der Waals surface area contributed by atoms with Crippen LogP contribution in [0.2, 0.25) is 0 Å². The van der Waals surface area contributed by atoms with E-state index in [-0.39, 0.29) is 35.9 Å². The first kappa shape index (κ1) is 35.6. The number of fused-ring (bicyclic) bond motifs is 2. The Labute approximate surface area is 276 Å². The molecule has 0 aromatic heterocycles. The highest BCUT2D eigenvalue weighted by molar-refractivity contribution is 6.04. The average Bonchev–Trinajstić information content (AvgIpc) is 3.58. The van der Waals surface area contributed by atoms with Crippen molar-refractivity contribution >= 4 is 24.0 Å². The highest BCUT2D eigenvalue weighted by atomic mass is 16.7. The smallest absolute Gasteiger partial charge is 0.334 e. The lowest BCUT2D eigenvalue weighted by atomic mass is 9.43. The quantitative estimate of drug-likeness (QED) is 0.122. The molecule has 13 atom stereocenters. The van der Waals surface area contributed by atoms with Crippen LogP contribution in [-0.2, 0) is 38.1 Å². The summed E-state index contributed by atoms with van der Waals surface area (Å²) in [4.78, 5) is 52.3. The number of hydrogen-bond donors (Lipinski definition) is 3. The molecule has 0 aromatic rings. The fraction of sp³-hybridized carbons (Fsp3) is 0.722. The van der Waals surface area contributed by atoms with Gasteiger partial charge in [0.05, 0.1) is 24.2 Å². The minimum absolute atomic E-state index is 0.0198. The van der Waals surface area contributed by atoms with E-state index in [0.29, 0.717) is 18.8 Å². The third-order valence-corrected chi connectivity index (χ3v) is 12.1. The molecule has 260 valence electrons. The molecule has 11 nitrogen and oxygen atoms in total. The van der Waals surface area contributed by atoms with Gasteiger partial charge in [-0.1, -0.05) is 44.9 Å². The number of hydrogen-bond acceptors (Lipinski definition) is 10. The number of carboxylic acids is 1. The van der Waals surface area contributed by atoms with Crippen LogP contribution in [0.5, 0.6) is 0 Å². The largest absolute Gasteiger partial charge is 0.481 e. The number of aliphatic carboxylic acids is 1. The van der Waals surface area contributed by atoms with E-state index in [2.05, 4.69) is 13.0 Å². The van der Waals surface area contributed by atoms with Gasteiger partial charge in [0.1, 0.15) is 23.9 Å². The molecule has 0 radical (unpaired) electrons. The molecule has 4 fully saturated rings. The topological polar surface area (TPSA) is 166 Å². The summed E-state index contributed by atoms with van der Waals surface area (Å²) in [6.45, 7) is 10.6. The zero-order valence-corrected chi connectivity index (χ0v) is 28.4. The second-order valence-electron chi connectivity index (χ2n) is 14.9. The molecular weight excluding hydrogens is 608 g/mol. The number of methoxy groups -OCH3 is 1. The Balaban J connectivity index is 1.44. The number of allylic oxidation sites excluding steroid dienone is 3. The number of aldehydes is 1. The minimum Gasteiger partial charge on any atom is -0.481 e. The fourth-order valence-corrected chi connectivity index (χ4v) is 10.2. The molecular formula is C36H50O11. The van der Waals surface area contributed by atoms with Gasteiger partial charge in [-0.3, -0.25) is 9.59 Å². The van der Waals surface area contributed by atoms with Gasteiger partial charge in [-0.15, -0.1) is 0 Å². The van der Waals surface area contributed by atoms with Crippen molar-refractivity contribution in [3.8, 4) is 0 Å². The molecule has 0 spiro atoms. The Morgan fingerprint density at radius 3 is 2.43 bits per heavy atom. The molecule has 0 amide bonds. The molecule has 11 heteroatoms. The van der Waals surface area contributed by atoms with Gasteiger partial charge in [-0.05, 0) is 81.8 Å². The van der Waals surface area contributed by atoms with Crippen LogP contribution in [0.25, 0.3) is 0 Å². The number of aliphatic hydroxyl groups is 2. The van der Waals surface area contributed by atoms with Gasteiger partial charge < -0.3 is 39.1 Å². The van der Waals surface area contributed by atoms with Gasteiger partial charge in [0.2, 0.25) is 0 Å². The van der Waals surface area contributed by atoms with Gasteiger partial charge in [-0.25, -0.2) is 4.79 Å². The molecule has 5 rings (SSSR count). The van der Waals surface area contributed by atoms with Crippen LogP contribution >= 0.6 is 0 Å². The standard InChI is InChI=1S/C36H50O11/c1-18(2)27-13-23-14-34(16-37)26-11-8-19(3)25(26)15-35(23,36(27,34)33(42)43)17-45-32-28(40)30(29(44-7)22(6)46-32)47-31(41)20(4)12-24(39)10-9-21(5)38/h9-10,12-13,16,18-19,21-23,25-26,28-30,32,38,40H,8,11,14-15,17H2,1-7H3,(H,42,43)/b10-9-,20-12-/t19-,21?,22-,23+,25-,26-,28+,29-,30+,32-,34+,35+,36+/m1/s1. The van der Waals surface area contributed by atoms with Crippen LogP contribution in [0.3, 0.4) is 0 Å².